The van der Waals surface area contributed by atoms with Crippen LogP contribution in [0.5, 0.6) is 0 Å². The minimum atomic E-state index is 0.329. The van der Waals surface area contributed by atoms with Crippen molar-refractivity contribution < 1.29 is 0 Å². The lowest BCUT2D eigenvalue weighted by atomic mass is 9.82. The van der Waals surface area contributed by atoms with E-state index >= 15 is 0 Å². The van der Waals surface area contributed by atoms with Crippen LogP contribution in [0.2, 0.25) is 0 Å². The number of allylic oxidation sites excluding steroid dienone is 2. The molecule has 0 aromatic carbocycles. The second-order valence-corrected chi connectivity index (χ2v) is 3.68. The Hall–Kier alpha value is -0.770. The minimum Gasteiger partial charge on any atom is -0.198 e. The number of rotatable bonds is 1. The number of hydrogen-bond donors (Lipinski definition) is 0. The van der Waals surface area contributed by atoms with Gasteiger partial charge in [0.15, 0.2) is 0 Å². The van der Waals surface area contributed by atoms with Crippen LogP contribution in [0.25, 0.3) is 0 Å². The molecule has 0 aromatic rings. The summed E-state index contributed by atoms with van der Waals surface area (Å²) in [5.41, 5.74) is 0. The highest BCUT2D eigenvalue weighted by Crippen LogP contribution is 2.48. The van der Waals surface area contributed by atoms with Crippen LogP contribution >= 0.6 is 0 Å². The van der Waals surface area contributed by atoms with Crippen molar-refractivity contribution in [3.05, 3.63) is 12.2 Å². The van der Waals surface area contributed by atoms with Crippen LogP contribution in [0.3, 0.4) is 0 Å². The van der Waals surface area contributed by atoms with Crippen LogP contribution in [-0.2, 0) is 0 Å². The predicted molar refractivity (Wildman–Crippen MR) is 43.6 cm³/mol. The van der Waals surface area contributed by atoms with E-state index in [0.29, 0.717) is 17.8 Å². The van der Waals surface area contributed by atoms with Gasteiger partial charge < -0.3 is 0 Å². The maximum atomic E-state index is 8.91. The summed E-state index contributed by atoms with van der Waals surface area (Å²) in [7, 11) is 0. The van der Waals surface area contributed by atoms with Gasteiger partial charge in [-0.1, -0.05) is 25.5 Å². The zero-order chi connectivity index (χ0) is 7.84. The monoisotopic (exact) mass is 147 g/mol. The van der Waals surface area contributed by atoms with Crippen molar-refractivity contribution in [3.63, 3.8) is 0 Å². The molecule has 0 radical (unpaired) electrons. The van der Waals surface area contributed by atoms with Gasteiger partial charge in [0.25, 0.3) is 0 Å². The molecule has 0 unspecified atom stereocenters. The Balaban J connectivity index is 2.23. The lowest BCUT2D eigenvalue weighted by molar-refractivity contribution is 0.365. The van der Waals surface area contributed by atoms with Crippen molar-refractivity contribution in [1.82, 2.24) is 0 Å². The molecule has 0 saturated heterocycles. The summed E-state index contributed by atoms with van der Waals surface area (Å²) in [6.45, 7) is 2.20. The third-order valence-corrected chi connectivity index (χ3v) is 3.24. The molecule has 1 nitrogen and oxygen atoms in total. The topological polar surface area (TPSA) is 23.8 Å². The molecule has 4 atom stereocenters. The van der Waals surface area contributed by atoms with Crippen LogP contribution in [0.15, 0.2) is 12.2 Å². The Morgan fingerprint density at radius 1 is 1.45 bits per heavy atom. The Kier molecular flexibility index (Phi) is 1.49. The Morgan fingerprint density at radius 3 is 2.73 bits per heavy atom. The highest BCUT2D eigenvalue weighted by atomic mass is 14.5. The molecule has 0 aliphatic heterocycles. The molecule has 2 aliphatic rings. The zero-order valence-corrected chi connectivity index (χ0v) is 6.83. The molecule has 2 rings (SSSR count). The van der Waals surface area contributed by atoms with Crippen LogP contribution in [0, 0.1) is 35.0 Å². The average molecular weight is 147 g/mol. The molecule has 0 N–H and O–H groups in total. The fourth-order valence-corrected chi connectivity index (χ4v) is 2.67. The normalized spacial score (nSPS) is 46.2. The van der Waals surface area contributed by atoms with Gasteiger partial charge in [-0.3, -0.25) is 0 Å². The Labute approximate surface area is 67.7 Å². The molecule has 0 amide bonds. The predicted octanol–water partition coefficient (Wildman–Crippen LogP) is 2.36. The van der Waals surface area contributed by atoms with Crippen LogP contribution < -0.4 is 0 Å². The zero-order valence-electron chi connectivity index (χ0n) is 6.83. The number of nitrogens with zero attached hydrogens (tertiary/aromatic N) is 1. The van der Waals surface area contributed by atoms with E-state index in [0.717, 1.165) is 5.92 Å². The Morgan fingerprint density at radius 2 is 2.18 bits per heavy atom. The average Bonchev–Trinajstić information content (AvgIpc) is 2.60. The summed E-state index contributed by atoms with van der Waals surface area (Å²) < 4.78 is 0. The molecule has 2 bridgehead atoms. The molecule has 0 heterocycles. The van der Waals surface area contributed by atoms with E-state index in [1.807, 2.05) is 0 Å². The second kappa shape index (κ2) is 2.37. The molecule has 1 fully saturated rings. The van der Waals surface area contributed by atoms with E-state index in [9.17, 15) is 0 Å². The smallest absolute Gasteiger partial charge is 0.0665 e. The van der Waals surface area contributed by atoms with Gasteiger partial charge in [0.1, 0.15) is 0 Å². The number of hydrogen-bond acceptors (Lipinski definition) is 1. The van der Waals surface area contributed by atoms with E-state index in [4.69, 9.17) is 5.26 Å². The third-order valence-electron chi connectivity index (χ3n) is 3.24. The van der Waals surface area contributed by atoms with Crippen LogP contribution in [0.1, 0.15) is 19.8 Å². The maximum Gasteiger partial charge on any atom is 0.0665 e. The van der Waals surface area contributed by atoms with Crippen molar-refractivity contribution >= 4 is 0 Å². The van der Waals surface area contributed by atoms with E-state index in [2.05, 4.69) is 25.1 Å². The maximum absolute atomic E-state index is 8.91. The van der Waals surface area contributed by atoms with E-state index in [-0.39, 0.29) is 0 Å². The Bertz CT molecular complexity index is 224. The highest BCUT2D eigenvalue weighted by Gasteiger charge is 2.43. The van der Waals surface area contributed by atoms with E-state index < -0.39 is 0 Å². The molecule has 1 saturated carbocycles. The van der Waals surface area contributed by atoms with Gasteiger partial charge in [0.05, 0.1) is 12.0 Å². The first-order valence-electron chi connectivity index (χ1n) is 4.44. The number of nitriles is 1. The van der Waals surface area contributed by atoms with E-state index in [1.165, 1.54) is 12.8 Å². The second-order valence-electron chi connectivity index (χ2n) is 3.68. The summed E-state index contributed by atoms with van der Waals surface area (Å²) in [5, 5.41) is 8.91. The fourth-order valence-electron chi connectivity index (χ4n) is 2.67. The lowest BCUT2D eigenvalue weighted by Gasteiger charge is -2.20. The molecular weight excluding hydrogens is 134 g/mol. The van der Waals surface area contributed by atoms with Gasteiger partial charge in [0.2, 0.25) is 0 Å². The van der Waals surface area contributed by atoms with Crippen molar-refractivity contribution in [1.29, 1.82) is 5.26 Å². The molecular formula is C10H13N. The van der Waals surface area contributed by atoms with Crippen molar-refractivity contribution in [2.75, 3.05) is 0 Å². The standard InChI is InChI=1S/C10H13N/c1-2-9-7-3-4-8(5-7)10(9)6-11/h3-4,7-10H,2,5H2,1H3/t7-,8+,9-,10-/m0/s1. The van der Waals surface area contributed by atoms with Crippen LogP contribution in [0.4, 0.5) is 0 Å². The molecule has 11 heavy (non-hydrogen) atoms. The third kappa shape index (κ3) is 0.822. The lowest BCUT2D eigenvalue weighted by Crippen LogP contribution is -2.16. The van der Waals surface area contributed by atoms with Crippen molar-refractivity contribution in [2.24, 2.45) is 23.7 Å². The molecule has 0 spiro atoms. The van der Waals surface area contributed by atoms with Gasteiger partial charge in [-0.25, -0.2) is 0 Å². The minimum absolute atomic E-state index is 0.329. The van der Waals surface area contributed by atoms with Gasteiger partial charge in [-0.2, -0.15) is 5.26 Å². The largest absolute Gasteiger partial charge is 0.198 e. The van der Waals surface area contributed by atoms with Gasteiger partial charge in [-0.05, 0) is 24.2 Å². The van der Waals surface area contributed by atoms with Gasteiger partial charge in [-0.15, -0.1) is 0 Å². The van der Waals surface area contributed by atoms with Gasteiger partial charge >= 0.3 is 0 Å². The van der Waals surface area contributed by atoms with E-state index in [1.54, 1.807) is 0 Å². The first-order chi connectivity index (χ1) is 5.36. The van der Waals surface area contributed by atoms with Crippen molar-refractivity contribution in [3.8, 4) is 6.07 Å². The molecule has 1 heteroatoms. The van der Waals surface area contributed by atoms with Crippen molar-refractivity contribution in [2.45, 2.75) is 19.8 Å². The summed E-state index contributed by atoms with van der Waals surface area (Å²) in [5.74, 6) is 2.31. The quantitative estimate of drug-likeness (QED) is 0.522. The molecule has 0 aromatic heterocycles. The summed E-state index contributed by atoms with van der Waals surface area (Å²) >= 11 is 0. The fraction of sp³-hybridized carbons (Fsp3) is 0.700. The SMILES string of the molecule is CC[C@@H]1[C@@H](C#N)[C@@H]2C=C[C@H]1C2. The molecule has 2 aliphatic carbocycles. The first kappa shape index (κ1) is 6.91. The molecule has 58 valence electrons. The number of fused-ring (bicyclic) bond motifs is 2. The first-order valence-corrected chi connectivity index (χ1v) is 4.44. The summed E-state index contributed by atoms with van der Waals surface area (Å²) in [4.78, 5) is 0. The highest BCUT2D eigenvalue weighted by molar-refractivity contribution is 5.17. The summed E-state index contributed by atoms with van der Waals surface area (Å²) in [6.07, 6.45) is 6.97. The summed E-state index contributed by atoms with van der Waals surface area (Å²) in [6, 6.07) is 2.45. The van der Waals surface area contributed by atoms with Gasteiger partial charge in [0, 0.05) is 0 Å². The van der Waals surface area contributed by atoms with Crippen LogP contribution in [-0.4, -0.2) is 0 Å².